The Morgan fingerprint density at radius 1 is 1.02 bits per heavy atom. The van der Waals surface area contributed by atoms with Gasteiger partial charge in [-0.05, 0) is 72.4 Å². The molecule has 0 radical (unpaired) electrons. The predicted molar refractivity (Wildman–Crippen MR) is 182 cm³/mol. The molecule has 11 nitrogen and oxygen atoms in total. The van der Waals surface area contributed by atoms with Crippen LogP contribution in [0.1, 0.15) is 49.4 Å². The monoisotopic (exact) mass is 760 g/mol. The fourth-order valence-electron chi connectivity index (χ4n) is 12.3. The molecule has 1 heterocycles. The van der Waals surface area contributed by atoms with Gasteiger partial charge in [0.25, 0.3) is 10.0 Å². The number of nitrogens with one attached hydrogen (secondary N) is 1. The molecule has 6 fully saturated rings. The molecule has 7 bridgehead atoms. The molecule has 5 aliphatic carbocycles. The smallest absolute Gasteiger partial charge is 0.340 e. The minimum absolute atomic E-state index is 0.0492. The summed E-state index contributed by atoms with van der Waals surface area (Å²) in [5, 5.41) is 25.9. The summed E-state index contributed by atoms with van der Waals surface area (Å²) >= 11 is 3.33. The van der Waals surface area contributed by atoms with Gasteiger partial charge in [-0.25, -0.2) is 13.2 Å². The van der Waals surface area contributed by atoms with E-state index in [2.05, 4.69) is 32.5 Å². The van der Waals surface area contributed by atoms with Gasteiger partial charge in [-0.1, -0.05) is 31.2 Å². The van der Waals surface area contributed by atoms with Crippen LogP contribution in [0.3, 0.4) is 0 Å². The summed E-state index contributed by atoms with van der Waals surface area (Å²) in [4.78, 5) is 16.8. The molecular formula is C36H45BrN2O9S. The number of carbonyl (C=O) groups is 1. The number of likely N-dealkylation sites (N-methyl/N-ethyl adjacent to an activating group) is 1. The Labute approximate surface area is 295 Å². The molecule has 266 valence electrons. The number of hydrogen-bond acceptors (Lipinski definition) is 10. The molecule has 1 saturated heterocycles. The van der Waals surface area contributed by atoms with Gasteiger partial charge in [0.2, 0.25) is 0 Å². The molecule has 2 aromatic rings. The van der Waals surface area contributed by atoms with E-state index in [1.165, 1.54) is 6.07 Å². The van der Waals surface area contributed by atoms with Gasteiger partial charge in [0.15, 0.2) is 0 Å². The molecule has 13 heteroatoms. The maximum Gasteiger partial charge on any atom is 0.340 e. The van der Waals surface area contributed by atoms with Crippen LogP contribution < -0.4 is 4.72 Å². The summed E-state index contributed by atoms with van der Waals surface area (Å²) in [7, 11) is 0.949. The second-order valence-electron chi connectivity index (χ2n) is 15.0. The normalized spacial score (nSPS) is 43.3. The Kier molecular flexibility index (Phi) is 7.95. The minimum atomic E-state index is -4.05. The van der Waals surface area contributed by atoms with Gasteiger partial charge in [0, 0.05) is 73.9 Å². The van der Waals surface area contributed by atoms with E-state index in [9.17, 15) is 23.4 Å². The topological polar surface area (TPSA) is 144 Å². The number of esters is 1. The van der Waals surface area contributed by atoms with Crippen LogP contribution in [0, 0.1) is 29.1 Å². The molecule has 2 aromatic carbocycles. The van der Waals surface area contributed by atoms with Crippen molar-refractivity contribution in [3.05, 3.63) is 58.6 Å². The number of likely N-dealkylation sites (tertiary alicyclic amines) is 1. The van der Waals surface area contributed by atoms with Crippen LogP contribution >= 0.6 is 15.9 Å². The highest BCUT2D eigenvalue weighted by Crippen LogP contribution is 2.79. The van der Waals surface area contributed by atoms with E-state index in [-0.39, 0.29) is 52.1 Å². The molecule has 8 rings (SSSR count). The zero-order valence-corrected chi connectivity index (χ0v) is 30.6. The van der Waals surface area contributed by atoms with E-state index in [1.54, 1.807) is 63.8 Å². The number of anilines is 1. The first-order valence-corrected chi connectivity index (χ1v) is 19.5. The number of nitrogens with zero attached hydrogens (tertiary/aromatic N) is 1. The SMILES string of the molecule is CCN1C[C@]2(OC(=O)c3ccccc3NS(=O)(=O)c3ccccc3Br)CC[C@H](OC)[C@]34C1[C@H](C[C@H]23)[C@@]1(O)C[C@H](OC)[C@H]2C[C@@H]4[C@]1(O)[C@H]2OC. The van der Waals surface area contributed by atoms with E-state index in [0.29, 0.717) is 49.7 Å². The average molecular weight is 762 g/mol. The largest absolute Gasteiger partial charge is 0.454 e. The van der Waals surface area contributed by atoms with Crippen molar-refractivity contribution in [3.63, 3.8) is 0 Å². The molecule has 1 aliphatic heterocycles. The van der Waals surface area contributed by atoms with Crippen LogP contribution in [0.4, 0.5) is 5.69 Å². The molecule has 0 aromatic heterocycles. The summed E-state index contributed by atoms with van der Waals surface area (Å²) in [6.07, 6.45) is 1.45. The van der Waals surface area contributed by atoms with Crippen molar-refractivity contribution in [2.75, 3.05) is 39.1 Å². The summed E-state index contributed by atoms with van der Waals surface area (Å²) < 4.78 is 55.2. The number of aliphatic hydroxyl groups is 2. The number of piperidine rings is 1. The quantitative estimate of drug-likeness (QED) is 0.323. The number of para-hydroxylation sites is 1. The molecule has 3 N–H and O–H groups in total. The first-order chi connectivity index (χ1) is 23.4. The van der Waals surface area contributed by atoms with E-state index in [0.717, 1.165) is 0 Å². The summed E-state index contributed by atoms with van der Waals surface area (Å²) in [5.74, 6) is -1.69. The number of sulfonamides is 1. The first-order valence-electron chi connectivity index (χ1n) is 17.2. The summed E-state index contributed by atoms with van der Waals surface area (Å²) in [5.41, 5.74) is -4.39. The van der Waals surface area contributed by atoms with Gasteiger partial charge in [0.1, 0.15) is 21.7 Å². The zero-order chi connectivity index (χ0) is 34.7. The highest BCUT2D eigenvalue weighted by molar-refractivity contribution is 9.10. The third-order valence-corrected chi connectivity index (χ3v) is 16.1. The minimum Gasteiger partial charge on any atom is -0.454 e. The first kappa shape index (κ1) is 34.0. The molecule has 5 saturated carbocycles. The third kappa shape index (κ3) is 4.21. The fraction of sp³-hybridized carbons (Fsp3) is 0.639. The molecular weight excluding hydrogens is 716 g/mol. The van der Waals surface area contributed by atoms with Gasteiger partial charge in [-0.15, -0.1) is 0 Å². The average Bonchev–Trinajstić information content (AvgIpc) is 3.51. The Hall–Kier alpha value is -2.10. The molecule has 1 unspecified atom stereocenters. The Bertz CT molecular complexity index is 1780. The van der Waals surface area contributed by atoms with Crippen molar-refractivity contribution in [1.82, 2.24) is 4.90 Å². The molecule has 6 aliphatic rings. The lowest BCUT2D eigenvalue weighted by molar-refractivity contribution is -0.337. The number of carbonyl (C=O) groups excluding carboxylic acids is 1. The number of ether oxygens (including phenoxy) is 4. The lowest BCUT2D eigenvalue weighted by atomic mass is 9.44. The maximum atomic E-state index is 14.4. The second-order valence-corrected chi connectivity index (χ2v) is 17.5. The number of benzene rings is 2. The fourth-order valence-corrected chi connectivity index (χ4v) is 14.3. The van der Waals surface area contributed by atoms with Crippen molar-refractivity contribution in [2.45, 2.75) is 85.1 Å². The highest BCUT2D eigenvalue weighted by Gasteiger charge is 2.89. The lowest BCUT2D eigenvalue weighted by Crippen LogP contribution is -2.83. The van der Waals surface area contributed by atoms with E-state index >= 15 is 0 Å². The van der Waals surface area contributed by atoms with Crippen LogP contribution in [0.15, 0.2) is 57.9 Å². The van der Waals surface area contributed by atoms with Crippen LogP contribution in [-0.2, 0) is 29.0 Å². The van der Waals surface area contributed by atoms with Crippen molar-refractivity contribution in [3.8, 4) is 0 Å². The van der Waals surface area contributed by atoms with E-state index in [1.807, 2.05) is 0 Å². The van der Waals surface area contributed by atoms with Crippen molar-refractivity contribution < 1.29 is 42.4 Å². The molecule has 49 heavy (non-hydrogen) atoms. The molecule has 1 spiro atoms. The van der Waals surface area contributed by atoms with Crippen LogP contribution in [0.5, 0.6) is 0 Å². The zero-order valence-electron chi connectivity index (χ0n) is 28.2. The van der Waals surface area contributed by atoms with E-state index < -0.39 is 50.2 Å². The van der Waals surface area contributed by atoms with Gasteiger partial charge < -0.3 is 29.2 Å². The predicted octanol–water partition coefficient (Wildman–Crippen LogP) is 3.83. The van der Waals surface area contributed by atoms with Gasteiger partial charge in [0.05, 0.1) is 29.6 Å². The highest BCUT2D eigenvalue weighted by atomic mass is 79.9. The number of halogens is 1. The standard InChI is InChI=1S/C36H45BrN2O9S/c1-5-39-19-33(48-32(40)20-10-6-8-12-24(20)38-49(43,44)26-13-9-7-11-23(26)37)15-14-29(46-3)35-27(33)17-22(30(35)39)34(41)18-25(45-2)21-16-28(35)36(34,42)31(21)47-4/h6-13,21-22,25,27-31,38,41-42H,5,14-19H2,1-4H3/t21-,22+,25+,27-,28+,29+,30?,31+,33-,34+,35+,36+/m1/s1. The van der Waals surface area contributed by atoms with Crippen LogP contribution in [0.25, 0.3) is 0 Å². The van der Waals surface area contributed by atoms with Crippen LogP contribution in [-0.4, -0.2) is 105 Å². The van der Waals surface area contributed by atoms with E-state index in [4.69, 9.17) is 18.9 Å². The number of rotatable bonds is 9. The summed E-state index contributed by atoms with van der Waals surface area (Å²) in [6.45, 7) is 3.21. The van der Waals surface area contributed by atoms with Crippen molar-refractivity contribution in [1.29, 1.82) is 0 Å². The number of methoxy groups -OCH3 is 3. The lowest BCUT2D eigenvalue weighted by Gasteiger charge is -2.70. The summed E-state index contributed by atoms with van der Waals surface area (Å²) in [6, 6.07) is 12.9. The Morgan fingerprint density at radius 3 is 2.45 bits per heavy atom. The maximum absolute atomic E-state index is 14.4. The molecule has 0 amide bonds. The Balaban J connectivity index is 1.21. The van der Waals surface area contributed by atoms with Crippen LogP contribution in [0.2, 0.25) is 0 Å². The Morgan fingerprint density at radius 2 is 1.76 bits per heavy atom. The third-order valence-electron chi connectivity index (χ3n) is 13.7. The van der Waals surface area contributed by atoms with Crippen molar-refractivity contribution in [2.24, 2.45) is 29.1 Å². The van der Waals surface area contributed by atoms with Gasteiger partial charge in [-0.2, -0.15) is 0 Å². The number of hydrogen-bond donors (Lipinski definition) is 3. The second kappa shape index (κ2) is 11.4. The number of fused-ring (bicyclic) bond motifs is 2. The van der Waals surface area contributed by atoms with Gasteiger partial charge in [-0.3, -0.25) is 9.62 Å². The van der Waals surface area contributed by atoms with Crippen molar-refractivity contribution >= 4 is 37.6 Å². The molecule has 12 atom stereocenters. The van der Waals surface area contributed by atoms with Gasteiger partial charge >= 0.3 is 5.97 Å².